The summed E-state index contributed by atoms with van der Waals surface area (Å²) >= 11 is 1.65. The van der Waals surface area contributed by atoms with Gasteiger partial charge in [-0.05, 0) is 26.2 Å². The van der Waals surface area contributed by atoms with Crippen LogP contribution in [0.1, 0.15) is 62.2 Å². The lowest BCUT2D eigenvalue weighted by atomic mass is 10.0. The quantitative estimate of drug-likeness (QED) is 0.886. The van der Waals surface area contributed by atoms with Crippen LogP contribution in [0.15, 0.2) is 0 Å². The van der Waals surface area contributed by atoms with Crippen molar-refractivity contribution < 1.29 is 4.74 Å². The Hall–Kier alpha value is -1.05. The van der Waals surface area contributed by atoms with E-state index in [1.807, 2.05) is 4.52 Å². The normalized spacial score (nSPS) is 22.0. The summed E-state index contributed by atoms with van der Waals surface area (Å²) in [7, 11) is 0. The lowest BCUT2D eigenvalue weighted by molar-refractivity contribution is 0.193. The third kappa shape index (κ3) is 3.25. The van der Waals surface area contributed by atoms with Crippen LogP contribution in [-0.4, -0.2) is 39.1 Å². The average Bonchev–Trinajstić information content (AvgIpc) is 3.13. The van der Waals surface area contributed by atoms with Gasteiger partial charge in [0.15, 0.2) is 5.82 Å². The van der Waals surface area contributed by atoms with E-state index in [4.69, 9.17) is 15.6 Å². The Labute approximate surface area is 128 Å². The summed E-state index contributed by atoms with van der Waals surface area (Å²) in [6.45, 7) is 5.83. The highest BCUT2D eigenvalue weighted by Crippen LogP contribution is 2.29. The Morgan fingerprint density at radius 1 is 1.38 bits per heavy atom. The minimum Gasteiger partial charge on any atom is -0.381 e. The predicted octanol–water partition coefficient (Wildman–Crippen LogP) is 2.31. The van der Waals surface area contributed by atoms with Crippen molar-refractivity contribution in [3.63, 3.8) is 0 Å². The molecule has 0 aromatic carbocycles. The zero-order valence-electron chi connectivity index (χ0n) is 12.7. The Balaban J connectivity index is 1.71. The Morgan fingerprint density at radius 2 is 2.24 bits per heavy atom. The smallest absolute Gasteiger partial charge is 0.234 e. The van der Waals surface area contributed by atoms with Crippen LogP contribution < -0.4 is 5.73 Å². The molecule has 0 aliphatic carbocycles. The maximum atomic E-state index is 5.80. The first kappa shape index (κ1) is 14.9. The summed E-state index contributed by atoms with van der Waals surface area (Å²) in [6.07, 6.45) is 4.34. The van der Waals surface area contributed by atoms with Crippen molar-refractivity contribution in [3.8, 4) is 0 Å². The fraction of sp³-hybridized carbons (Fsp3) is 0.786. The van der Waals surface area contributed by atoms with E-state index in [-0.39, 0.29) is 6.04 Å². The minimum absolute atomic E-state index is 0.281. The van der Waals surface area contributed by atoms with Crippen LogP contribution in [0.2, 0.25) is 0 Å². The first-order valence-electron chi connectivity index (χ1n) is 7.70. The molecule has 3 atom stereocenters. The van der Waals surface area contributed by atoms with E-state index in [0.29, 0.717) is 11.8 Å². The lowest BCUT2D eigenvalue weighted by Gasteiger charge is -2.09. The Morgan fingerprint density at radius 3 is 2.95 bits per heavy atom. The van der Waals surface area contributed by atoms with Gasteiger partial charge in [0.05, 0.1) is 6.61 Å². The van der Waals surface area contributed by atoms with Crippen molar-refractivity contribution in [2.45, 2.75) is 57.4 Å². The number of nitrogens with zero attached hydrogens (tertiary/aromatic N) is 4. The molecular formula is C14H23N5OS. The van der Waals surface area contributed by atoms with Gasteiger partial charge in [0.25, 0.3) is 0 Å². The van der Waals surface area contributed by atoms with Crippen LogP contribution in [0.5, 0.6) is 0 Å². The lowest BCUT2D eigenvalue weighted by Crippen LogP contribution is -2.14. The third-order valence-corrected chi connectivity index (χ3v) is 5.17. The molecule has 116 valence electrons. The van der Waals surface area contributed by atoms with Gasteiger partial charge in [-0.25, -0.2) is 0 Å². The highest BCUT2D eigenvalue weighted by molar-refractivity contribution is 7.16. The number of fused-ring (bicyclic) bond motifs is 1. The second kappa shape index (κ2) is 6.37. The monoisotopic (exact) mass is 309 g/mol. The van der Waals surface area contributed by atoms with Crippen LogP contribution in [-0.2, 0) is 4.74 Å². The molecule has 21 heavy (non-hydrogen) atoms. The van der Waals surface area contributed by atoms with Gasteiger partial charge in [0.2, 0.25) is 4.96 Å². The second-order valence-corrected chi connectivity index (χ2v) is 7.05. The van der Waals surface area contributed by atoms with E-state index in [1.165, 1.54) is 0 Å². The van der Waals surface area contributed by atoms with Crippen LogP contribution in [0.3, 0.4) is 0 Å². The number of rotatable bonds is 6. The Bertz CT molecular complexity index is 587. The fourth-order valence-electron chi connectivity index (χ4n) is 2.71. The highest BCUT2D eigenvalue weighted by Gasteiger charge is 2.25. The van der Waals surface area contributed by atoms with Gasteiger partial charge in [-0.1, -0.05) is 24.7 Å². The maximum absolute atomic E-state index is 5.80. The van der Waals surface area contributed by atoms with Crippen molar-refractivity contribution >= 4 is 16.3 Å². The van der Waals surface area contributed by atoms with Gasteiger partial charge >= 0.3 is 0 Å². The van der Waals surface area contributed by atoms with E-state index >= 15 is 0 Å². The summed E-state index contributed by atoms with van der Waals surface area (Å²) in [5.41, 5.74) is 5.80. The molecule has 3 rings (SSSR count). The number of nitrogens with two attached hydrogens (primary N) is 1. The number of ether oxygens (including phenoxy) is 1. The molecule has 0 bridgehead atoms. The third-order valence-electron chi connectivity index (χ3n) is 4.04. The molecule has 1 aliphatic rings. The van der Waals surface area contributed by atoms with Crippen molar-refractivity contribution in [1.82, 2.24) is 19.8 Å². The zero-order valence-corrected chi connectivity index (χ0v) is 13.5. The second-order valence-electron chi connectivity index (χ2n) is 6.06. The molecule has 7 heteroatoms. The van der Waals surface area contributed by atoms with Gasteiger partial charge in [-0.3, -0.25) is 0 Å². The summed E-state index contributed by atoms with van der Waals surface area (Å²) in [6, 6.07) is 0.281. The zero-order chi connectivity index (χ0) is 14.8. The van der Waals surface area contributed by atoms with Crippen LogP contribution in [0.4, 0.5) is 0 Å². The molecule has 0 saturated carbocycles. The molecule has 1 aliphatic heterocycles. The predicted molar refractivity (Wildman–Crippen MR) is 82.8 cm³/mol. The summed E-state index contributed by atoms with van der Waals surface area (Å²) in [4.78, 5) is 0.894. The number of hydrogen-bond donors (Lipinski definition) is 1. The molecule has 0 amide bonds. The van der Waals surface area contributed by atoms with E-state index in [2.05, 4.69) is 24.0 Å². The van der Waals surface area contributed by atoms with Gasteiger partial charge in [-0.2, -0.15) is 9.61 Å². The molecule has 2 aromatic heterocycles. The van der Waals surface area contributed by atoms with E-state index in [0.717, 1.165) is 54.7 Å². The van der Waals surface area contributed by atoms with Crippen molar-refractivity contribution in [1.29, 1.82) is 0 Å². The topological polar surface area (TPSA) is 78.3 Å². The van der Waals surface area contributed by atoms with E-state index < -0.39 is 0 Å². The SMILES string of the molecule is CC(N)CCCC(C)c1nn2c(C3CCOC3)nnc2s1. The largest absolute Gasteiger partial charge is 0.381 e. The molecule has 3 unspecified atom stereocenters. The molecule has 0 spiro atoms. The molecule has 1 fully saturated rings. The van der Waals surface area contributed by atoms with Gasteiger partial charge < -0.3 is 10.5 Å². The number of hydrogen-bond acceptors (Lipinski definition) is 6. The van der Waals surface area contributed by atoms with E-state index in [9.17, 15) is 0 Å². The standard InChI is InChI=1S/C14H23N5OS/c1-9(4-3-5-10(2)15)13-18-19-12(11-6-7-20-8-11)16-17-14(19)21-13/h9-11H,3-8,15H2,1-2H3. The Kier molecular flexibility index (Phi) is 4.51. The molecule has 2 N–H and O–H groups in total. The van der Waals surface area contributed by atoms with Crippen molar-refractivity contribution in [2.24, 2.45) is 5.73 Å². The van der Waals surface area contributed by atoms with Crippen LogP contribution >= 0.6 is 11.3 Å². The van der Waals surface area contributed by atoms with Crippen molar-refractivity contribution in [3.05, 3.63) is 10.8 Å². The molecule has 3 heterocycles. The van der Waals surface area contributed by atoms with Crippen molar-refractivity contribution in [2.75, 3.05) is 13.2 Å². The first-order chi connectivity index (χ1) is 10.1. The molecule has 2 aromatic rings. The average molecular weight is 309 g/mol. The summed E-state index contributed by atoms with van der Waals surface area (Å²) < 4.78 is 7.36. The van der Waals surface area contributed by atoms with E-state index in [1.54, 1.807) is 11.3 Å². The molecule has 6 nitrogen and oxygen atoms in total. The first-order valence-corrected chi connectivity index (χ1v) is 8.52. The molecular weight excluding hydrogens is 286 g/mol. The summed E-state index contributed by atoms with van der Waals surface area (Å²) in [5.74, 6) is 1.74. The van der Waals surface area contributed by atoms with Gasteiger partial charge in [0.1, 0.15) is 5.01 Å². The number of aromatic nitrogens is 4. The minimum atomic E-state index is 0.281. The fourth-order valence-corrected chi connectivity index (χ4v) is 3.64. The molecule has 0 radical (unpaired) electrons. The summed E-state index contributed by atoms with van der Waals surface area (Å²) in [5, 5.41) is 14.4. The highest BCUT2D eigenvalue weighted by atomic mass is 32.1. The van der Waals surface area contributed by atoms with Gasteiger partial charge in [0, 0.05) is 24.5 Å². The van der Waals surface area contributed by atoms with Gasteiger partial charge in [-0.15, -0.1) is 10.2 Å². The maximum Gasteiger partial charge on any atom is 0.234 e. The van der Waals surface area contributed by atoms with Crippen LogP contribution in [0.25, 0.3) is 4.96 Å². The molecule has 1 saturated heterocycles. The van der Waals surface area contributed by atoms with Crippen LogP contribution in [0, 0.1) is 0 Å².